The summed E-state index contributed by atoms with van der Waals surface area (Å²) in [5, 5.41) is 7.48. The highest BCUT2D eigenvalue weighted by atomic mass is 15.2. The fourth-order valence-corrected chi connectivity index (χ4v) is 3.61. The second kappa shape index (κ2) is 6.70. The molecule has 4 N–H and O–H groups in total. The van der Waals surface area contributed by atoms with E-state index in [0.717, 1.165) is 33.4 Å². The van der Waals surface area contributed by atoms with Crippen LogP contribution in [-0.2, 0) is 0 Å². The van der Waals surface area contributed by atoms with Gasteiger partial charge in [-0.3, -0.25) is 15.1 Å². The van der Waals surface area contributed by atoms with E-state index in [1.54, 1.807) is 31.0 Å². The summed E-state index contributed by atoms with van der Waals surface area (Å²) in [5.41, 5.74) is 13.6. The second-order valence-electron chi connectivity index (χ2n) is 7.05. The average molecular weight is 405 g/mol. The number of anilines is 1. The van der Waals surface area contributed by atoms with E-state index in [0.29, 0.717) is 28.4 Å². The number of aromatic amines is 2. The smallest absolute Gasteiger partial charge is 0.162 e. The number of nitrogens with zero attached hydrogens (tertiary/aromatic N) is 6. The predicted molar refractivity (Wildman–Crippen MR) is 118 cm³/mol. The molecular weight excluding hydrogens is 390 g/mol. The fourth-order valence-electron chi connectivity index (χ4n) is 3.61. The van der Waals surface area contributed by atoms with E-state index in [1.807, 2.05) is 36.4 Å². The topological polar surface area (TPSA) is 135 Å². The standard InChI is InChI=1S/C22H15N9/c23-14-9-13(10-25-11-14)16-1-2-17-19(27-16)20(31-30-17)22-28-18-15(5-8-26-21(18)29-22)12-3-6-24-7-4-12/h1-11H,23H2,(H,30,31)(H,26,28,29). The third-order valence-electron chi connectivity index (χ3n) is 5.06. The van der Waals surface area contributed by atoms with Gasteiger partial charge in [0.05, 0.1) is 16.9 Å². The van der Waals surface area contributed by atoms with Crippen molar-refractivity contribution in [3.63, 3.8) is 0 Å². The highest BCUT2D eigenvalue weighted by Gasteiger charge is 2.17. The minimum Gasteiger partial charge on any atom is -0.397 e. The Bertz CT molecular complexity index is 1550. The molecule has 0 radical (unpaired) electrons. The first kappa shape index (κ1) is 17.2. The SMILES string of the molecule is Nc1cncc(-c2ccc3[nH]nc(-c4nc5c(-c6ccncc6)ccnc5[nH]4)c3n2)c1. The van der Waals surface area contributed by atoms with E-state index in [4.69, 9.17) is 15.7 Å². The third-order valence-corrected chi connectivity index (χ3v) is 5.06. The van der Waals surface area contributed by atoms with Crippen molar-refractivity contribution >= 4 is 27.9 Å². The largest absolute Gasteiger partial charge is 0.397 e. The molecule has 0 spiro atoms. The molecule has 0 atom stereocenters. The van der Waals surface area contributed by atoms with Crippen LogP contribution in [0.25, 0.3) is 56.1 Å². The third kappa shape index (κ3) is 2.87. The highest BCUT2D eigenvalue weighted by molar-refractivity contribution is 5.94. The van der Waals surface area contributed by atoms with Crippen molar-refractivity contribution in [1.29, 1.82) is 0 Å². The molecule has 0 aliphatic carbocycles. The number of aromatic nitrogens is 8. The summed E-state index contributed by atoms with van der Waals surface area (Å²) < 4.78 is 0. The van der Waals surface area contributed by atoms with Gasteiger partial charge < -0.3 is 10.7 Å². The Morgan fingerprint density at radius 3 is 2.58 bits per heavy atom. The predicted octanol–water partition coefficient (Wildman–Crippen LogP) is 3.60. The summed E-state index contributed by atoms with van der Waals surface area (Å²) >= 11 is 0. The lowest BCUT2D eigenvalue weighted by atomic mass is 10.1. The molecule has 6 rings (SSSR count). The quantitative estimate of drug-likeness (QED) is 0.409. The molecule has 0 aliphatic rings. The van der Waals surface area contributed by atoms with Crippen LogP contribution in [0.15, 0.2) is 67.4 Å². The van der Waals surface area contributed by atoms with Crippen molar-refractivity contribution in [3.8, 4) is 33.9 Å². The summed E-state index contributed by atoms with van der Waals surface area (Å²) in [6.45, 7) is 0. The minimum absolute atomic E-state index is 0.582. The molecule has 0 aromatic carbocycles. The first-order chi connectivity index (χ1) is 15.3. The van der Waals surface area contributed by atoms with Gasteiger partial charge in [0.2, 0.25) is 0 Å². The van der Waals surface area contributed by atoms with Crippen LogP contribution in [-0.4, -0.2) is 40.1 Å². The maximum Gasteiger partial charge on any atom is 0.162 e. The molecule has 148 valence electrons. The number of rotatable bonds is 3. The van der Waals surface area contributed by atoms with Gasteiger partial charge in [0, 0.05) is 42.1 Å². The number of nitrogen functional groups attached to an aromatic ring is 1. The van der Waals surface area contributed by atoms with E-state index in [9.17, 15) is 0 Å². The van der Waals surface area contributed by atoms with Crippen LogP contribution in [0, 0.1) is 0 Å². The molecule has 0 aliphatic heterocycles. The summed E-state index contributed by atoms with van der Waals surface area (Å²) in [6.07, 6.45) is 8.61. The maximum atomic E-state index is 5.88. The molecule has 0 amide bonds. The van der Waals surface area contributed by atoms with Crippen LogP contribution in [0.5, 0.6) is 0 Å². The number of H-pyrrole nitrogens is 2. The molecule has 0 saturated heterocycles. The average Bonchev–Trinajstić information content (AvgIpc) is 3.43. The van der Waals surface area contributed by atoms with E-state index in [2.05, 4.69) is 30.1 Å². The van der Waals surface area contributed by atoms with Crippen LogP contribution < -0.4 is 5.73 Å². The summed E-state index contributed by atoms with van der Waals surface area (Å²) in [5.74, 6) is 0.589. The summed E-state index contributed by atoms with van der Waals surface area (Å²) in [6, 6.07) is 11.5. The molecular formula is C22H15N9. The lowest BCUT2D eigenvalue weighted by molar-refractivity contribution is 1.10. The zero-order chi connectivity index (χ0) is 20.8. The fraction of sp³-hybridized carbons (Fsp3) is 0. The molecule has 6 aromatic heterocycles. The lowest BCUT2D eigenvalue weighted by Crippen LogP contribution is -1.90. The molecule has 0 fully saturated rings. The van der Waals surface area contributed by atoms with Crippen molar-refractivity contribution in [2.45, 2.75) is 0 Å². The Kier molecular flexibility index (Phi) is 3.72. The first-order valence-corrected chi connectivity index (χ1v) is 9.58. The Labute approximate surface area is 175 Å². The summed E-state index contributed by atoms with van der Waals surface area (Å²) in [7, 11) is 0. The molecule has 31 heavy (non-hydrogen) atoms. The number of pyridine rings is 4. The van der Waals surface area contributed by atoms with Gasteiger partial charge in [-0.2, -0.15) is 5.10 Å². The van der Waals surface area contributed by atoms with E-state index in [-0.39, 0.29) is 0 Å². The maximum absolute atomic E-state index is 5.88. The number of nitrogens with one attached hydrogen (secondary N) is 2. The Morgan fingerprint density at radius 2 is 1.71 bits per heavy atom. The van der Waals surface area contributed by atoms with Crippen LogP contribution in [0.1, 0.15) is 0 Å². The van der Waals surface area contributed by atoms with Crippen LogP contribution in [0.3, 0.4) is 0 Å². The number of nitrogens with two attached hydrogens (primary N) is 1. The first-order valence-electron chi connectivity index (χ1n) is 9.58. The van der Waals surface area contributed by atoms with Crippen molar-refractivity contribution < 1.29 is 0 Å². The van der Waals surface area contributed by atoms with Gasteiger partial charge in [-0.1, -0.05) is 0 Å². The lowest BCUT2D eigenvalue weighted by Gasteiger charge is -2.02. The highest BCUT2D eigenvalue weighted by Crippen LogP contribution is 2.30. The van der Waals surface area contributed by atoms with Crippen LogP contribution in [0.2, 0.25) is 0 Å². The molecule has 0 bridgehead atoms. The van der Waals surface area contributed by atoms with E-state index in [1.165, 1.54) is 0 Å². The van der Waals surface area contributed by atoms with Gasteiger partial charge in [0.25, 0.3) is 0 Å². The molecule has 0 unspecified atom stereocenters. The number of imidazole rings is 1. The van der Waals surface area contributed by atoms with E-state index < -0.39 is 0 Å². The monoisotopic (exact) mass is 405 g/mol. The van der Waals surface area contributed by atoms with Crippen LogP contribution >= 0.6 is 0 Å². The van der Waals surface area contributed by atoms with Gasteiger partial charge >= 0.3 is 0 Å². The van der Waals surface area contributed by atoms with Crippen molar-refractivity contribution in [3.05, 3.63) is 67.4 Å². The Morgan fingerprint density at radius 1 is 0.806 bits per heavy atom. The zero-order valence-electron chi connectivity index (χ0n) is 16.1. The van der Waals surface area contributed by atoms with Crippen molar-refractivity contribution in [2.75, 3.05) is 5.73 Å². The number of hydrogen-bond donors (Lipinski definition) is 3. The van der Waals surface area contributed by atoms with Gasteiger partial charge in [0.15, 0.2) is 17.2 Å². The van der Waals surface area contributed by atoms with Crippen molar-refractivity contribution in [1.82, 2.24) is 40.1 Å². The van der Waals surface area contributed by atoms with Crippen LogP contribution in [0.4, 0.5) is 5.69 Å². The molecule has 9 heteroatoms. The Balaban J connectivity index is 1.51. The van der Waals surface area contributed by atoms with Gasteiger partial charge in [-0.05, 0) is 42.0 Å². The van der Waals surface area contributed by atoms with Gasteiger partial charge in [0.1, 0.15) is 11.0 Å². The second-order valence-corrected chi connectivity index (χ2v) is 7.05. The summed E-state index contributed by atoms with van der Waals surface area (Å²) in [4.78, 5) is 25.6. The molecule has 6 heterocycles. The van der Waals surface area contributed by atoms with Gasteiger partial charge in [-0.15, -0.1) is 0 Å². The molecule has 9 nitrogen and oxygen atoms in total. The normalized spacial score (nSPS) is 11.4. The number of fused-ring (bicyclic) bond motifs is 2. The molecule has 6 aromatic rings. The Hall–Kier alpha value is -4.66. The minimum atomic E-state index is 0.582. The zero-order valence-corrected chi connectivity index (χ0v) is 16.1. The van der Waals surface area contributed by atoms with E-state index >= 15 is 0 Å². The molecule has 0 saturated carbocycles. The van der Waals surface area contributed by atoms with Gasteiger partial charge in [-0.25, -0.2) is 15.0 Å². The number of hydrogen-bond acceptors (Lipinski definition) is 7. The van der Waals surface area contributed by atoms with Crippen molar-refractivity contribution in [2.24, 2.45) is 0 Å².